The first-order valence-electron chi connectivity index (χ1n) is 9.19. The average molecular weight is 418 g/mol. The predicted octanol–water partition coefficient (Wildman–Crippen LogP) is 3.53. The van der Waals surface area contributed by atoms with E-state index in [4.69, 9.17) is 4.42 Å². The molecule has 1 amide bonds. The van der Waals surface area contributed by atoms with E-state index in [0.717, 1.165) is 11.3 Å². The Labute approximate surface area is 176 Å². The summed E-state index contributed by atoms with van der Waals surface area (Å²) >= 11 is 1.18. The number of furan rings is 1. The van der Waals surface area contributed by atoms with Crippen molar-refractivity contribution in [3.63, 3.8) is 0 Å². The van der Waals surface area contributed by atoms with Gasteiger partial charge in [0.05, 0.1) is 34.8 Å². The number of rotatable bonds is 6. The maximum Gasteiger partial charge on any atom is 0.266 e. The Morgan fingerprint density at radius 2 is 1.97 bits per heavy atom. The number of hydrazone groups is 1. The van der Waals surface area contributed by atoms with Crippen LogP contribution in [0.25, 0.3) is 16.6 Å². The van der Waals surface area contributed by atoms with Gasteiger partial charge in [-0.05, 0) is 42.8 Å². The van der Waals surface area contributed by atoms with Crippen LogP contribution in [0, 0.1) is 6.92 Å². The summed E-state index contributed by atoms with van der Waals surface area (Å²) in [5.74, 6) is 0.265. The van der Waals surface area contributed by atoms with Gasteiger partial charge < -0.3 is 4.42 Å². The lowest BCUT2D eigenvalue weighted by Crippen LogP contribution is -2.24. The minimum Gasteiger partial charge on any atom is -0.463 e. The van der Waals surface area contributed by atoms with Crippen molar-refractivity contribution < 1.29 is 9.21 Å². The lowest BCUT2D eigenvalue weighted by molar-refractivity contribution is -0.118. The van der Waals surface area contributed by atoms with E-state index in [0.29, 0.717) is 21.8 Å². The minimum absolute atomic E-state index is 0.0478. The summed E-state index contributed by atoms with van der Waals surface area (Å²) in [6, 6.07) is 18.2. The van der Waals surface area contributed by atoms with E-state index in [2.05, 4.69) is 15.5 Å². The Morgan fingerprint density at radius 1 is 1.17 bits per heavy atom. The van der Waals surface area contributed by atoms with Crippen LogP contribution in [0.2, 0.25) is 0 Å². The molecule has 0 bridgehead atoms. The normalized spacial score (nSPS) is 11.2. The van der Waals surface area contributed by atoms with Gasteiger partial charge in [-0.1, -0.05) is 42.1 Å². The SMILES string of the molecule is Cc1ccccc1-n1c(SCC(=O)NN=Cc2ccco2)nc2ccccc2c1=O. The van der Waals surface area contributed by atoms with E-state index in [1.54, 1.807) is 28.8 Å². The molecule has 0 aliphatic heterocycles. The summed E-state index contributed by atoms with van der Waals surface area (Å²) in [5, 5.41) is 4.84. The van der Waals surface area contributed by atoms with Gasteiger partial charge in [-0.3, -0.25) is 14.2 Å². The second-order valence-electron chi connectivity index (χ2n) is 6.44. The van der Waals surface area contributed by atoms with E-state index in [-0.39, 0.29) is 17.2 Å². The highest BCUT2D eigenvalue weighted by atomic mass is 32.2. The summed E-state index contributed by atoms with van der Waals surface area (Å²) < 4.78 is 6.68. The number of nitrogens with one attached hydrogen (secondary N) is 1. The van der Waals surface area contributed by atoms with Crippen molar-refractivity contribution in [3.8, 4) is 5.69 Å². The second kappa shape index (κ2) is 8.79. The van der Waals surface area contributed by atoms with Crippen LogP contribution in [0.3, 0.4) is 0 Å². The van der Waals surface area contributed by atoms with Gasteiger partial charge in [0.15, 0.2) is 5.16 Å². The molecule has 0 spiro atoms. The van der Waals surface area contributed by atoms with Crippen LogP contribution in [-0.2, 0) is 4.79 Å². The Morgan fingerprint density at radius 3 is 2.77 bits per heavy atom. The molecule has 8 heteroatoms. The summed E-state index contributed by atoms with van der Waals surface area (Å²) in [6.07, 6.45) is 2.94. The molecule has 0 saturated carbocycles. The number of carbonyl (C=O) groups is 1. The monoisotopic (exact) mass is 418 g/mol. The van der Waals surface area contributed by atoms with Crippen molar-refractivity contribution >= 4 is 34.8 Å². The minimum atomic E-state index is -0.318. The van der Waals surface area contributed by atoms with Crippen LogP contribution >= 0.6 is 11.8 Å². The van der Waals surface area contributed by atoms with Crippen LogP contribution in [0.4, 0.5) is 0 Å². The number of thioether (sulfide) groups is 1. The van der Waals surface area contributed by atoms with E-state index in [1.165, 1.54) is 24.2 Å². The highest BCUT2D eigenvalue weighted by molar-refractivity contribution is 7.99. The molecular formula is C22H18N4O3S. The summed E-state index contributed by atoms with van der Waals surface area (Å²) in [5.41, 5.74) is 4.54. The highest BCUT2D eigenvalue weighted by Crippen LogP contribution is 2.22. The third-order valence-electron chi connectivity index (χ3n) is 4.36. The standard InChI is InChI=1S/C22H18N4O3S/c1-15-7-2-5-11-19(15)26-21(28)17-9-3-4-10-18(17)24-22(26)30-14-20(27)25-23-13-16-8-6-12-29-16/h2-13H,14H2,1H3,(H,25,27). The molecule has 4 aromatic rings. The largest absolute Gasteiger partial charge is 0.463 e. The quantitative estimate of drug-likeness (QED) is 0.224. The topological polar surface area (TPSA) is 89.5 Å². The zero-order valence-electron chi connectivity index (χ0n) is 16.1. The Hall–Kier alpha value is -3.65. The maximum atomic E-state index is 13.2. The van der Waals surface area contributed by atoms with Gasteiger partial charge in [0.1, 0.15) is 5.76 Å². The number of amides is 1. The van der Waals surface area contributed by atoms with Gasteiger partial charge in [-0.25, -0.2) is 10.4 Å². The molecule has 0 saturated heterocycles. The molecule has 0 aliphatic rings. The van der Waals surface area contributed by atoms with E-state index < -0.39 is 0 Å². The molecule has 2 aromatic heterocycles. The predicted molar refractivity (Wildman–Crippen MR) is 117 cm³/mol. The summed E-state index contributed by atoms with van der Waals surface area (Å²) in [6.45, 7) is 1.93. The van der Waals surface area contributed by atoms with Crippen LogP contribution in [0.15, 0.2) is 86.4 Å². The summed E-state index contributed by atoms with van der Waals surface area (Å²) in [4.78, 5) is 30.1. The molecule has 7 nitrogen and oxygen atoms in total. The Balaban J connectivity index is 1.63. The molecule has 150 valence electrons. The molecule has 2 heterocycles. The molecule has 1 N–H and O–H groups in total. The maximum absolute atomic E-state index is 13.2. The Kier molecular flexibility index (Phi) is 5.76. The number of benzene rings is 2. The third kappa shape index (κ3) is 4.18. The first-order valence-corrected chi connectivity index (χ1v) is 10.2. The van der Waals surface area contributed by atoms with Crippen molar-refractivity contribution in [3.05, 3.63) is 88.6 Å². The van der Waals surface area contributed by atoms with Gasteiger partial charge in [-0.2, -0.15) is 5.10 Å². The molecule has 0 fully saturated rings. The van der Waals surface area contributed by atoms with Crippen molar-refractivity contribution in [2.75, 3.05) is 5.75 Å². The zero-order chi connectivity index (χ0) is 20.9. The van der Waals surface area contributed by atoms with Gasteiger partial charge in [0, 0.05) is 0 Å². The number of nitrogens with zero attached hydrogens (tertiary/aromatic N) is 3. The number of aromatic nitrogens is 2. The number of hydrogen-bond acceptors (Lipinski definition) is 6. The van der Waals surface area contributed by atoms with Crippen LogP contribution in [-0.4, -0.2) is 27.4 Å². The molecule has 0 atom stereocenters. The number of fused-ring (bicyclic) bond motifs is 1. The van der Waals surface area contributed by atoms with E-state index >= 15 is 0 Å². The molecular weight excluding hydrogens is 400 g/mol. The molecule has 0 aliphatic carbocycles. The summed E-state index contributed by atoms with van der Waals surface area (Å²) in [7, 11) is 0. The van der Waals surface area contributed by atoms with Gasteiger partial charge in [0.2, 0.25) is 0 Å². The van der Waals surface area contributed by atoms with Crippen molar-refractivity contribution in [1.82, 2.24) is 15.0 Å². The third-order valence-corrected chi connectivity index (χ3v) is 5.30. The number of carbonyl (C=O) groups excluding carboxylic acids is 1. The van der Waals surface area contributed by atoms with Crippen molar-refractivity contribution in [2.24, 2.45) is 5.10 Å². The number of para-hydroxylation sites is 2. The highest BCUT2D eigenvalue weighted by Gasteiger charge is 2.15. The van der Waals surface area contributed by atoms with Crippen LogP contribution in [0.5, 0.6) is 0 Å². The zero-order valence-corrected chi connectivity index (χ0v) is 16.9. The molecule has 4 rings (SSSR count). The van der Waals surface area contributed by atoms with E-state index in [1.807, 2.05) is 43.3 Å². The van der Waals surface area contributed by atoms with Gasteiger partial charge >= 0.3 is 0 Å². The van der Waals surface area contributed by atoms with Gasteiger partial charge in [-0.15, -0.1) is 0 Å². The Bertz CT molecular complexity index is 1280. The molecule has 30 heavy (non-hydrogen) atoms. The van der Waals surface area contributed by atoms with Gasteiger partial charge in [0.25, 0.3) is 11.5 Å². The van der Waals surface area contributed by atoms with Crippen molar-refractivity contribution in [1.29, 1.82) is 0 Å². The average Bonchev–Trinajstić information content (AvgIpc) is 3.27. The fourth-order valence-corrected chi connectivity index (χ4v) is 3.73. The van der Waals surface area contributed by atoms with Crippen LogP contribution in [0.1, 0.15) is 11.3 Å². The lowest BCUT2D eigenvalue weighted by atomic mass is 10.2. The van der Waals surface area contributed by atoms with E-state index in [9.17, 15) is 9.59 Å². The molecule has 0 radical (unpaired) electrons. The lowest BCUT2D eigenvalue weighted by Gasteiger charge is -2.14. The number of hydrogen-bond donors (Lipinski definition) is 1. The first-order chi connectivity index (χ1) is 14.6. The fraction of sp³-hybridized carbons (Fsp3) is 0.0909. The van der Waals surface area contributed by atoms with Crippen molar-refractivity contribution in [2.45, 2.75) is 12.1 Å². The second-order valence-corrected chi connectivity index (χ2v) is 7.38. The first kappa shape index (κ1) is 19.7. The molecule has 2 aromatic carbocycles. The smallest absolute Gasteiger partial charge is 0.266 e. The molecule has 0 unspecified atom stereocenters. The van der Waals surface area contributed by atoms with Crippen LogP contribution < -0.4 is 11.0 Å². The fourth-order valence-electron chi connectivity index (χ4n) is 2.93. The number of aryl methyl sites for hydroxylation is 1.